The van der Waals surface area contributed by atoms with E-state index in [-0.39, 0.29) is 0 Å². The summed E-state index contributed by atoms with van der Waals surface area (Å²) < 4.78 is 5.10. The van der Waals surface area contributed by atoms with Crippen molar-refractivity contribution in [2.75, 3.05) is 0 Å². The molecule has 0 spiro atoms. The van der Waals surface area contributed by atoms with E-state index in [9.17, 15) is 0 Å². The third-order valence-corrected chi connectivity index (χ3v) is 17.6. The van der Waals surface area contributed by atoms with E-state index >= 15 is 0 Å². The Bertz CT molecular complexity index is 4650. The van der Waals surface area contributed by atoms with Crippen molar-refractivity contribution in [3.05, 3.63) is 255 Å². The maximum absolute atomic E-state index is 5.66. The molecule has 0 aliphatic rings. The van der Waals surface area contributed by atoms with Crippen molar-refractivity contribution in [1.29, 1.82) is 0 Å². The molecule has 0 fully saturated rings. The summed E-state index contributed by atoms with van der Waals surface area (Å²) in [5, 5.41) is 9.63. The minimum atomic E-state index is 0.844. The molecule has 15 rings (SSSR count). The van der Waals surface area contributed by atoms with Crippen LogP contribution < -0.4 is 0 Å². The lowest BCUT2D eigenvalue weighted by atomic mass is 9.91. The zero-order valence-corrected chi connectivity index (χ0v) is 41.6. The molecule has 0 unspecified atom stereocenters. The van der Waals surface area contributed by atoms with Crippen LogP contribution in [0, 0.1) is 0 Å². The van der Waals surface area contributed by atoms with Gasteiger partial charge in [0.1, 0.15) is 0 Å². The largest absolute Gasteiger partial charge is 0.252 e. The molecule has 15 aromatic rings. The van der Waals surface area contributed by atoms with Crippen LogP contribution in [0.4, 0.5) is 0 Å². The van der Waals surface area contributed by atoms with E-state index in [1.54, 1.807) is 0 Å². The first-order chi connectivity index (χ1) is 36.7. The van der Waals surface area contributed by atoms with Gasteiger partial charge in [0.05, 0.1) is 22.9 Å². The summed E-state index contributed by atoms with van der Waals surface area (Å²) in [4.78, 5) is 11.0. The van der Waals surface area contributed by atoms with E-state index < -0.39 is 0 Å². The fraction of sp³-hybridized carbons (Fsp3) is 0. The Balaban J connectivity index is 0.922. The van der Waals surface area contributed by atoms with Gasteiger partial charge in [0.25, 0.3) is 0 Å². The number of nitrogens with zero attached hydrogens (tertiary/aromatic N) is 2. The standard InChI is InChI=1S/C70H42N2S2/c1-3-15-43(16-4-1)45-31-35-47(36-32-45)50-23-11-27-59-60-29-13-25-52(69(60)73-67(50)59)49-39-40-55(63(41-49)64-42-71-65-56-21-9-7-19-53(56)54-20-8-10-22-57(54)66(65)72-64)58-26-14-30-62-61-28-12-24-51(68(61)74-70(58)62)48-37-33-46(34-38-48)44-17-5-2-6-18-44/h1-42H. The molecule has 0 atom stereocenters. The van der Waals surface area contributed by atoms with Crippen molar-refractivity contribution in [2.24, 2.45) is 0 Å². The summed E-state index contributed by atoms with van der Waals surface area (Å²) >= 11 is 3.77. The van der Waals surface area contributed by atoms with Gasteiger partial charge < -0.3 is 0 Å². The van der Waals surface area contributed by atoms with Gasteiger partial charge in [-0.3, -0.25) is 4.98 Å². The number of aromatic nitrogens is 2. The highest BCUT2D eigenvalue weighted by atomic mass is 32.1. The smallest absolute Gasteiger partial charge is 0.0979 e. The topological polar surface area (TPSA) is 25.8 Å². The number of fused-ring (bicyclic) bond motifs is 12. The van der Waals surface area contributed by atoms with Gasteiger partial charge in [0.2, 0.25) is 0 Å². The second-order valence-corrected chi connectivity index (χ2v) is 21.2. The first-order valence-electron chi connectivity index (χ1n) is 25.1. The maximum atomic E-state index is 5.66. The monoisotopic (exact) mass is 974 g/mol. The Labute approximate surface area is 435 Å². The van der Waals surface area contributed by atoms with Crippen molar-refractivity contribution >= 4 is 95.6 Å². The highest BCUT2D eigenvalue weighted by molar-refractivity contribution is 7.27. The number of rotatable bonds is 7. The molecule has 0 aliphatic heterocycles. The number of thiophene rings is 2. The molecule has 0 amide bonds. The third-order valence-electron chi connectivity index (χ3n) is 15.0. The molecule has 344 valence electrons. The van der Waals surface area contributed by atoms with Crippen LogP contribution in [-0.4, -0.2) is 9.97 Å². The fourth-order valence-corrected chi connectivity index (χ4v) is 14.1. The summed E-state index contributed by atoms with van der Waals surface area (Å²) in [6.45, 7) is 0. The zero-order chi connectivity index (χ0) is 48.7. The SMILES string of the molecule is c1ccc(-c2ccc(-c3cccc4c3sc3c(-c5ccc(-c6cccc7c6sc6c(-c8ccc(-c9ccccc9)cc8)cccc67)c(-c6cnc7c8ccccc8c8ccccc8c7n6)c5)cccc34)cc2)cc1. The maximum Gasteiger partial charge on any atom is 0.0979 e. The molecule has 3 heterocycles. The number of hydrogen-bond acceptors (Lipinski definition) is 4. The lowest BCUT2D eigenvalue weighted by Crippen LogP contribution is -1.95. The molecular weight excluding hydrogens is 933 g/mol. The molecule has 2 nitrogen and oxygen atoms in total. The molecule has 12 aromatic carbocycles. The molecule has 0 saturated carbocycles. The van der Waals surface area contributed by atoms with Crippen molar-refractivity contribution in [2.45, 2.75) is 0 Å². The average molecular weight is 975 g/mol. The Morgan fingerprint density at radius 3 is 1.09 bits per heavy atom. The first kappa shape index (κ1) is 42.6. The van der Waals surface area contributed by atoms with Gasteiger partial charge in [0.15, 0.2) is 0 Å². The van der Waals surface area contributed by atoms with Gasteiger partial charge in [-0.1, -0.05) is 243 Å². The quantitative estimate of drug-likeness (QED) is 0.149. The van der Waals surface area contributed by atoms with Crippen LogP contribution in [0.3, 0.4) is 0 Å². The highest BCUT2D eigenvalue weighted by Gasteiger charge is 2.21. The summed E-state index contributed by atoms with van der Waals surface area (Å²) in [6, 6.07) is 90.7. The molecule has 4 heteroatoms. The van der Waals surface area contributed by atoms with Crippen LogP contribution >= 0.6 is 22.7 Å². The minimum Gasteiger partial charge on any atom is -0.252 e. The van der Waals surface area contributed by atoms with E-state index in [0.29, 0.717) is 0 Å². The van der Waals surface area contributed by atoms with Crippen LogP contribution in [-0.2, 0) is 0 Å². The van der Waals surface area contributed by atoms with E-state index in [0.717, 1.165) is 44.2 Å². The van der Waals surface area contributed by atoms with Crippen molar-refractivity contribution in [3.63, 3.8) is 0 Å². The second kappa shape index (κ2) is 17.3. The molecule has 74 heavy (non-hydrogen) atoms. The predicted octanol–water partition coefficient (Wildman–Crippen LogP) is 20.3. The van der Waals surface area contributed by atoms with Crippen molar-refractivity contribution < 1.29 is 0 Å². The predicted molar refractivity (Wildman–Crippen MR) is 318 cm³/mol. The third kappa shape index (κ3) is 6.91. The van der Waals surface area contributed by atoms with Crippen LogP contribution in [0.5, 0.6) is 0 Å². The normalized spacial score (nSPS) is 11.8. The molecule has 0 saturated heterocycles. The first-order valence-corrected chi connectivity index (χ1v) is 26.8. The Morgan fingerprint density at radius 1 is 0.230 bits per heavy atom. The zero-order valence-electron chi connectivity index (χ0n) is 40.0. The van der Waals surface area contributed by atoms with E-state index in [1.807, 2.05) is 28.9 Å². The van der Waals surface area contributed by atoms with Gasteiger partial charge in [-0.15, -0.1) is 22.7 Å². The number of benzene rings is 12. The van der Waals surface area contributed by atoms with E-state index in [1.165, 1.54) is 107 Å². The minimum absolute atomic E-state index is 0.844. The summed E-state index contributed by atoms with van der Waals surface area (Å²) in [5.41, 5.74) is 18.2. The van der Waals surface area contributed by atoms with Gasteiger partial charge in [0, 0.05) is 62.2 Å². The molecule has 0 N–H and O–H groups in total. The summed E-state index contributed by atoms with van der Waals surface area (Å²) in [5.74, 6) is 0. The fourth-order valence-electron chi connectivity index (χ4n) is 11.4. The van der Waals surface area contributed by atoms with E-state index in [4.69, 9.17) is 9.97 Å². The molecule has 0 aliphatic carbocycles. The van der Waals surface area contributed by atoms with E-state index in [2.05, 4.69) is 249 Å². The Morgan fingerprint density at radius 2 is 0.595 bits per heavy atom. The van der Waals surface area contributed by atoms with Crippen LogP contribution in [0.15, 0.2) is 255 Å². The Hall–Kier alpha value is -9.06. The van der Waals surface area contributed by atoms with Crippen LogP contribution in [0.1, 0.15) is 0 Å². The summed E-state index contributed by atoms with van der Waals surface area (Å²) in [7, 11) is 0. The van der Waals surface area contributed by atoms with Crippen molar-refractivity contribution in [3.8, 4) is 78.0 Å². The lowest BCUT2D eigenvalue weighted by molar-refractivity contribution is 1.31. The van der Waals surface area contributed by atoms with Crippen LogP contribution in [0.25, 0.3) is 151 Å². The number of hydrogen-bond donors (Lipinski definition) is 0. The second-order valence-electron chi connectivity index (χ2n) is 19.1. The van der Waals surface area contributed by atoms with Crippen molar-refractivity contribution in [1.82, 2.24) is 9.97 Å². The molecule has 0 radical (unpaired) electrons. The highest BCUT2D eigenvalue weighted by Crippen LogP contribution is 2.49. The molecule has 3 aromatic heterocycles. The van der Waals surface area contributed by atoms with Gasteiger partial charge >= 0.3 is 0 Å². The molecular formula is C70H42N2S2. The average Bonchev–Trinajstić information content (AvgIpc) is 4.10. The van der Waals surface area contributed by atoms with Gasteiger partial charge in [-0.2, -0.15) is 0 Å². The van der Waals surface area contributed by atoms with Gasteiger partial charge in [-0.05, 0) is 78.0 Å². The van der Waals surface area contributed by atoms with Gasteiger partial charge in [-0.25, -0.2) is 4.98 Å². The Kier molecular flexibility index (Phi) is 9.97. The summed E-state index contributed by atoms with van der Waals surface area (Å²) in [6.07, 6.45) is 2.00. The molecule has 0 bridgehead atoms. The lowest BCUT2D eigenvalue weighted by Gasteiger charge is -2.15. The van der Waals surface area contributed by atoms with Crippen LogP contribution in [0.2, 0.25) is 0 Å².